The number of rotatable bonds is 7. The van der Waals surface area contributed by atoms with Gasteiger partial charge in [0.05, 0.1) is 0 Å². The lowest BCUT2D eigenvalue weighted by atomic mass is 10.0. The fourth-order valence-electron chi connectivity index (χ4n) is 3.25. The van der Waals surface area contributed by atoms with Crippen LogP contribution in [0, 0.1) is 6.92 Å². The van der Waals surface area contributed by atoms with Crippen molar-refractivity contribution in [3.05, 3.63) is 58.1 Å². The van der Waals surface area contributed by atoms with E-state index in [1.54, 1.807) is 0 Å². The molecule has 5 heteroatoms. The van der Waals surface area contributed by atoms with Crippen molar-refractivity contribution in [2.24, 2.45) is 0 Å². The minimum absolute atomic E-state index is 0.0492. The SMILES string of the molecule is Cc1cc(OCC(=O)NCCCN2CCCc3ccccc32)ccc1Br. The van der Waals surface area contributed by atoms with Gasteiger partial charge in [0.2, 0.25) is 0 Å². The Labute approximate surface area is 163 Å². The van der Waals surface area contributed by atoms with E-state index in [0.717, 1.165) is 36.0 Å². The molecule has 0 saturated heterocycles. The first kappa shape index (κ1) is 18.8. The number of halogens is 1. The molecule has 26 heavy (non-hydrogen) atoms. The molecular formula is C21H25BrN2O2. The van der Waals surface area contributed by atoms with Crippen LogP contribution in [-0.4, -0.2) is 32.1 Å². The Balaban J connectivity index is 1.37. The third-order valence-corrected chi connectivity index (χ3v) is 5.52. The number of hydrogen-bond acceptors (Lipinski definition) is 3. The topological polar surface area (TPSA) is 41.6 Å². The van der Waals surface area contributed by atoms with Crippen LogP contribution in [0.15, 0.2) is 46.9 Å². The molecule has 0 fully saturated rings. The first-order valence-corrected chi connectivity index (χ1v) is 9.91. The summed E-state index contributed by atoms with van der Waals surface area (Å²) < 4.78 is 6.59. The number of hydrogen-bond donors (Lipinski definition) is 1. The van der Waals surface area contributed by atoms with Crippen LogP contribution in [0.3, 0.4) is 0 Å². The average molecular weight is 417 g/mol. The van der Waals surface area contributed by atoms with Gasteiger partial charge in [-0.05, 0) is 61.6 Å². The number of aryl methyl sites for hydroxylation is 2. The van der Waals surface area contributed by atoms with E-state index in [1.165, 1.54) is 17.7 Å². The molecule has 0 radical (unpaired) electrons. The van der Waals surface area contributed by atoms with Gasteiger partial charge in [0.15, 0.2) is 6.61 Å². The highest BCUT2D eigenvalue weighted by Crippen LogP contribution is 2.26. The van der Waals surface area contributed by atoms with Gasteiger partial charge in [-0.1, -0.05) is 34.1 Å². The van der Waals surface area contributed by atoms with Crippen LogP contribution in [-0.2, 0) is 11.2 Å². The molecule has 3 rings (SSSR count). The van der Waals surface area contributed by atoms with Crippen molar-refractivity contribution in [1.29, 1.82) is 0 Å². The summed E-state index contributed by atoms with van der Waals surface area (Å²) in [6, 6.07) is 14.3. The Bertz CT molecular complexity index is 763. The summed E-state index contributed by atoms with van der Waals surface area (Å²) in [5.41, 5.74) is 3.87. The van der Waals surface area contributed by atoms with Gasteiger partial charge >= 0.3 is 0 Å². The van der Waals surface area contributed by atoms with Crippen LogP contribution in [0.1, 0.15) is 24.0 Å². The van der Waals surface area contributed by atoms with Gasteiger partial charge in [0.1, 0.15) is 5.75 Å². The van der Waals surface area contributed by atoms with E-state index in [4.69, 9.17) is 4.74 Å². The minimum Gasteiger partial charge on any atom is -0.484 e. The number of carbonyl (C=O) groups is 1. The molecule has 2 aromatic carbocycles. The smallest absolute Gasteiger partial charge is 0.257 e. The van der Waals surface area contributed by atoms with Crippen LogP contribution in [0.5, 0.6) is 5.75 Å². The number of anilines is 1. The van der Waals surface area contributed by atoms with E-state index < -0.39 is 0 Å². The molecule has 1 heterocycles. The number of para-hydroxylation sites is 1. The summed E-state index contributed by atoms with van der Waals surface area (Å²) in [6.07, 6.45) is 3.29. The van der Waals surface area contributed by atoms with Gasteiger partial charge < -0.3 is 15.0 Å². The molecule has 0 aromatic heterocycles. The molecule has 1 N–H and O–H groups in total. The highest BCUT2D eigenvalue weighted by atomic mass is 79.9. The summed E-state index contributed by atoms with van der Waals surface area (Å²) in [6.45, 7) is 4.77. The van der Waals surface area contributed by atoms with Crippen molar-refractivity contribution in [2.45, 2.75) is 26.2 Å². The number of nitrogens with zero attached hydrogens (tertiary/aromatic N) is 1. The average Bonchev–Trinajstić information content (AvgIpc) is 2.66. The summed E-state index contributed by atoms with van der Waals surface area (Å²) in [7, 11) is 0. The minimum atomic E-state index is -0.0791. The van der Waals surface area contributed by atoms with E-state index in [9.17, 15) is 4.79 Å². The molecule has 1 aliphatic rings. The molecule has 2 aromatic rings. The van der Waals surface area contributed by atoms with E-state index in [0.29, 0.717) is 12.3 Å². The Hall–Kier alpha value is -2.01. The number of ether oxygens (including phenoxy) is 1. The van der Waals surface area contributed by atoms with E-state index in [-0.39, 0.29) is 12.5 Å². The summed E-state index contributed by atoms with van der Waals surface area (Å²) in [5, 5.41) is 2.94. The maximum atomic E-state index is 12.0. The maximum Gasteiger partial charge on any atom is 0.257 e. The summed E-state index contributed by atoms with van der Waals surface area (Å²) in [5.74, 6) is 0.635. The van der Waals surface area contributed by atoms with Crippen LogP contribution in [0.25, 0.3) is 0 Å². The van der Waals surface area contributed by atoms with Crippen molar-refractivity contribution in [3.63, 3.8) is 0 Å². The first-order chi connectivity index (χ1) is 12.6. The number of nitrogens with one attached hydrogen (secondary N) is 1. The maximum absolute atomic E-state index is 12.0. The lowest BCUT2D eigenvalue weighted by molar-refractivity contribution is -0.123. The lowest BCUT2D eigenvalue weighted by Crippen LogP contribution is -2.34. The number of benzene rings is 2. The predicted octanol–water partition coefficient (Wildman–Crippen LogP) is 4.10. The van der Waals surface area contributed by atoms with Crippen molar-refractivity contribution in [3.8, 4) is 5.75 Å². The highest BCUT2D eigenvalue weighted by molar-refractivity contribution is 9.10. The lowest BCUT2D eigenvalue weighted by Gasteiger charge is -2.31. The van der Waals surface area contributed by atoms with E-state index in [2.05, 4.69) is 50.4 Å². The molecule has 0 bridgehead atoms. The summed E-state index contributed by atoms with van der Waals surface area (Å²) in [4.78, 5) is 14.4. The number of amides is 1. The Morgan fingerprint density at radius 2 is 2.12 bits per heavy atom. The first-order valence-electron chi connectivity index (χ1n) is 9.12. The third-order valence-electron chi connectivity index (χ3n) is 4.63. The fraction of sp³-hybridized carbons (Fsp3) is 0.381. The van der Waals surface area contributed by atoms with Crippen LogP contribution >= 0.6 is 15.9 Å². The van der Waals surface area contributed by atoms with Crippen LogP contribution in [0.2, 0.25) is 0 Å². The highest BCUT2D eigenvalue weighted by Gasteiger charge is 2.15. The molecule has 0 spiro atoms. The number of carbonyl (C=O) groups excluding carboxylic acids is 1. The van der Waals surface area contributed by atoms with Crippen molar-refractivity contribution in [2.75, 3.05) is 31.1 Å². The fourth-order valence-corrected chi connectivity index (χ4v) is 3.50. The van der Waals surface area contributed by atoms with Crippen LogP contribution in [0.4, 0.5) is 5.69 Å². The number of fused-ring (bicyclic) bond motifs is 1. The zero-order valence-electron chi connectivity index (χ0n) is 15.1. The molecule has 0 saturated carbocycles. The Kier molecular flexibility index (Phi) is 6.56. The monoisotopic (exact) mass is 416 g/mol. The molecular weight excluding hydrogens is 392 g/mol. The van der Waals surface area contributed by atoms with Gasteiger partial charge in [-0.2, -0.15) is 0 Å². The third kappa shape index (κ3) is 5.01. The zero-order valence-corrected chi connectivity index (χ0v) is 16.7. The van der Waals surface area contributed by atoms with E-state index >= 15 is 0 Å². The second-order valence-corrected chi connectivity index (χ2v) is 7.48. The second kappa shape index (κ2) is 9.08. The molecule has 4 nitrogen and oxygen atoms in total. The molecule has 1 amide bonds. The molecule has 138 valence electrons. The quantitative estimate of drug-likeness (QED) is 0.690. The molecule has 0 unspecified atom stereocenters. The van der Waals surface area contributed by atoms with Gasteiger partial charge in [-0.3, -0.25) is 4.79 Å². The van der Waals surface area contributed by atoms with E-state index in [1.807, 2.05) is 25.1 Å². The molecule has 0 aliphatic carbocycles. The Morgan fingerprint density at radius 1 is 1.27 bits per heavy atom. The zero-order chi connectivity index (χ0) is 18.4. The Morgan fingerprint density at radius 3 is 2.96 bits per heavy atom. The normalized spacial score (nSPS) is 13.2. The predicted molar refractivity (Wildman–Crippen MR) is 109 cm³/mol. The summed E-state index contributed by atoms with van der Waals surface area (Å²) >= 11 is 3.46. The van der Waals surface area contributed by atoms with Gasteiger partial charge in [0.25, 0.3) is 5.91 Å². The van der Waals surface area contributed by atoms with Crippen molar-refractivity contribution >= 4 is 27.5 Å². The second-order valence-electron chi connectivity index (χ2n) is 6.62. The van der Waals surface area contributed by atoms with Gasteiger partial charge in [-0.15, -0.1) is 0 Å². The van der Waals surface area contributed by atoms with Gasteiger partial charge in [0, 0.05) is 29.8 Å². The largest absolute Gasteiger partial charge is 0.484 e. The van der Waals surface area contributed by atoms with Crippen molar-refractivity contribution in [1.82, 2.24) is 5.32 Å². The van der Waals surface area contributed by atoms with Crippen LogP contribution < -0.4 is 15.0 Å². The molecule has 1 aliphatic heterocycles. The standard InChI is InChI=1S/C21H25BrN2O2/c1-16-14-18(9-10-19(16)22)26-15-21(25)23-11-5-13-24-12-4-7-17-6-2-3-8-20(17)24/h2-3,6,8-10,14H,4-5,7,11-13,15H2,1H3,(H,23,25). The molecule has 0 atom stereocenters. The van der Waals surface area contributed by atoms with Gasteiger partial charge in [-0.25, -0.2) is 0 Å². The van der Waals surface area contributed by atoms with Crippen molar-refractivity contribution < 1.29 is 9.53 Å².